The van der Waals surface area contributed by atoms with Crippen molar-refractivity contribution in [3.63, 3.8) is 0 Å². The van der Waals surface area contributed by atoms with E-state index < -0.39 is 0 Å². The Morgan fingerprint density at radius 1 is 1.35 bits per heavy atom. The highest BCUT2D eigenvalue weighted by atomic mass is 16.5. The van der Waals surface area contributed by atoms with Crippen molar-refractivity contribution in [3.8, 4) is 5.75 Å². The van der Waals surface area contributed by atoms with Crippen LogP contribution < -0.4 is 4.74 Å². The van der Waals surface area contributed by atoms with Gasteiger partial charge >= 0.3 is 0 Å². The van der Waals surface area contributed by atoms with Crippen molar-refractivity contribution in [1.82, 2.24) is 0 Å². The first kappa shape index (κ1) is 12.4. The van der Waals surface area contributed by atoms with E-state index in [4.69, 9.17) is 9.47 Å². The molecule has 0 spiro atoms. The number of rotatable bonds is 3. The fourth-order valence-electron chi connectivity index (χ4n) is 2.10. The van der Waals surface area contributed by atoms with Gasteiger partial charge in [0.25, 0.3) is 0 Å². The van der Waals surface area contributed by atoms with Gasteiger partial charge in [0.15, 0.2) is 0 Å². The lowest BCUT2D eigenvalue weighted by Crippen LogP contribution is -2.24. The van der Waals surface area contributed by atoms with Crippen LogP contribution in [0.5, 0.6) is 5.75 Å². The normalized spacial score (nSPS) is 24.9. The smallest absolute Gasteiger partial charge is 0.125 e. The minimum Gasteiger partial charge on any atom is -0.491 e. The number of para-hydroxylation sites is 1. The second-order valence-electron chi connectivity index (χ2n) is 4.74. The lowest BCUT2D eigenvalue weighted by Gasteiger charge is -2.28. The maximum Gasteiger partial charge on any atom is 0.125 e. The molecule has 2 unspecified atom stereocenters. The summed E-state index contributed by atoms with van der Waals surface area (Å²) in [4.78, 5) is 0. The van der Waals surface area contributed by atoms with Gasteiger partial charge in [-0.05, 0) is 26.3 Å². The number of benzene rings is 1. The van der Waals surface area contributed by atoms with Crippen molar-refractivity contribution in [2.45, 2.75) is 45.0 Å². The molecule has 1 aromatic carbocycles. The molecule has 0 amide bonds. The number of hydrogen-bond donors (Lipinski definition) is 1. The Morgan fingerprint density at radius 3 is 2.82 bits per heavy atom. The maximum atomic E-state index is 9.69. The largest absolute Gasteiger partial charge is 0.491 e. The topological polar surface area (TPSA) is 38.7 Å². The monoisotopic (exact) mass is 236 g/mol. The van der Waals surface area contributed by atoms with Crippen molar-refractivity contribution < 1.29 is 14.6 Å². The summed E-state index contributed by atoms with van der Waals surface area (Å²) in [6.07, 6.45) is 1.21. The Labute approximate surface area is 102 Å². The van der Waals surface area contributed by atoms with E-state index in [0.29, 0.717) is 13.0 Å². The quantitative estimate of drug-likeness (QED) is 0.877. The Morgan fingerprint density at radius 2 is 2.12 bits per heavy atom. The van der Waals surface area contributed by atoms with Gasteiger partial charge in [-0.3, -0.25) is 0 Å². The van der Waals surface area contributed by atoms with Crippen molar-refractivity contribution in [2.24, 2.45) is 0 Å². The molecule has 17 heavy (non-hydrogen) atoms. The van der Waals surface area contributed by atoms with Crippen LogP contribution in [0.15, 0.2) is 24.3 Å². The van der Waals surface area contributed by atoms with Crippen LogP contribution in [0.25, 0.3) is 0 Å². The van der Waals surface area contributed by atoms with E-state index in [1.54, 1.807) is 0 Å². The molecular weight excluding hydrogens is 216 g/mol. The highest BCUT2D eigenvalue weighted by Gasteiger charge is 2.24. The molecule has 1 saturated heterocycles. The number of aliphatic hydroxyl groups excluding tert-OH is 1. The third-order valence-corrected chi connectivity index (χ3v) is 2.88. The molecule has 1 aliphatic rings. The number of hydrogen-bond acceptors (Lipinski definition) is 3. The lowest BCUT2D eigenvalue weighted by molar-refractivity contribution is -0.0459. The van der Waals surface area contributed by atoms with Crippen molar-refractivity contribution in [2.75, 3.05) is 6.61 Å². The SMILES string of the molecule is CC(C)Oc1ccccc1C1CC(O)CCO1. The predicted octanol–water partition coefficient (Wildman–Crippen LogP) is 2.69. The highest BCUT2D eigenvalue weighted by Crippen LogP contribution is 2.34. The predicted molar refractivity (Wildman–Crippen MR) is 66.1 cm³/mol. The first-order valence-electron chi connectivity index (χ1n) is 6.22. The molecule has 1 heterocycles. The van der Waals surface area contributed by atoms with Gasteiger partial charge in [0, 0.05) is 18.6 Å². The third kappa shape index (κ3) is 3.20. The number of ether oxygens (including phenoxy) is 2. The lowest BCUT2D eigenvalue weighted by atomic mass is 9.98. The first-order valence-corrected chi connectivity index (χ1v) is 6.22. The molecular formula is C14H20O3. The molecule has 0 aliphatic carbocycles. The zero-order valence-corrected chi connectivity index (χ0v) is 10.4. The third-order valence-electron chi connectivity index (χ3n) is 2.88. The van der Waals surface area contributed by atoms with Crippen LogP contribution in [-0.4, -0.2) is 23.9 Å². The Kier molecular flexibility index (Phi) is 4.02. The Balaban J connectivity index is 2.18. The minimum absolute atomic E-state index is 0.0475. The molecule has 1 fully saturated rings. The zero-order valence-electron chi connectivity index (χ0n) is 10.4. The summed E-state index contributed by atoms with van der Waals surface area (Å²) in [6.45, 7) is 4.63. The summed E-state index contributed by atoms with van der Waals surface area (Å²) in [5.41, 5.74) is 1.04. The van der Waals surface area contributed by atoms with E-state index in [9.17, 15) is 5.11 Å². The second-order valence-corrected chi connectivity index (χ2v) is 4.74. The molecule has 1 N–H and O–H groups in total. The van der Waals surface area contributed by atoms with Gasteiger partial charge in [-0.15, -0.1) is 0 Å². The summed E-state index contributed by atoms with van der Waals surface area (Å²) >= 11 is 0. The molecule has 1 aromatic rings. The molecule has 3 nitrogen and oxygen atoms in total. The highest BCUT2D eigenvalue weighted by molar-refractivity contribution is 5.35. The van der Waals surface area contributed by atoms with E-state index in [0.717, 1.165) is 17.7 Å². The maximum absolute atomic E-state index is 9.69. The van der Waals surface area contributed by atoms with Crippen LogP contribution >= 0.6 is 0 Å². The van der Waals surface area contributed by atoms with Crippen LogP contribution in [0.1, 0.15) is 38.4 Å². The van der Waals surface area contributed by atoms with Crippen molar-refractivity contribution >= 4 is 0 Å². The van der Waals surface area contributed by atoms with E-state index in [2.05, 4.69) is 0 Å². The molecule has 0 saturated carbocycles. The molecule has 94 valence electrons. The van der Waals surface area contributed by atoms with E-state index >= 15 is 0 Å². The van der Waals surface area contributed by atoms with Crippen LogP contribution in [-0.2, 0) is 4.74 Å². The van der Waals surface area contributed by atoms with E-state index in [-0.39, 0.29) is 18.3 Å². The van der Waals surface area contributed by atoms with Gasteiger partial charge in [0.05, 0.1) is 18.3 Å². The van der Waals surface area contributed by atoms with Crippen LogP contribution in [0.2, 0.25) is 0 Å². The molecule has 2 rings (SSSR count). The molecule has 2 atom stereocenters. The van der Waals surface area contributed by atoms with Crippen LogP contribution in [0.4, 0.5) is 0 Å². The standard InChI is InChI=1S/C14H20O3/c1-10(2)17-13-6-4-3-5-12(13)14-9-11(15)7-8-16-14/h3-6,10-11,14-15H,7-9H2,1-2H3. The fourth-order valence-corrected chi connectivity index (χ4v) is 2.10. The molecule has 3 heteroatoms. The first-order chi connectivity index (χ1) is 8.16. The van der Waals surface area contributed by atoms with Gasteiger partial charge in [-0.1, -0.05) is 18.2 Å². The van der Waals surface area contributed by atoms with Crippen LogP contribution in [0.3, 0.4) is 0 Å². The molecule has 0 bridgehead atoms. The van der Waals surface area contributed by atoms with Crippen molar-refractivity contribution in [1.29, 1.82) is 0 Å². The van der Waals surface area contributed by atoms with Gasteiger partial charge in [-0.25, -0.2) is 0 Å². The number of aliphatic hydroxyl groups is 1. The second kappa shape index (κ2) is 5.52. The summed E-state index contributed by atoms with van der Waals surface area (Å²) in [5.74, 6) is 0.863. The average Bonchev–Trinajstić information content (AvgIpc) is 2.29. The van der Waals surface area contributed by atoms with Crippen LogP contribution in [0, 0.1) is 0 Å². The summed E-state index contributed by atoms with van der Waals surface area (Å²) in [5, 5.41) is 9.69. The average molecular weight is 236 g/mol. The van der Waals surface area contributed by atoms with Gasteiger partial charge in [0.1, 0.15) is 5.75 Å². The molecule has 1 aliphatic heterocycles. The van der Waals surface area contributed by atoms with Gasteiger partial charge < -0.3 is 14.6 Å². The fraction of sp³-hybridized carbons (Fsp3) is 0.571. The zero-order chi connectivity index (χ0) is 12.3. The van der Waals surface area contributed by atoms with Gasteiger partial charge in [-0.2, -0.15) is 0 Å². The van der Waals surface area contributed by atoms with E-state index in [1.165, 1.54) is 0 Å². The Hall–Kier alpha value is -1.06. The minimum atomic E-state index is -0.263. The van der Waals surface area contributed by atoms with E-state index in [1.807, 2.05) is 38.1 Å². The summed E-state index contributed by atoms with van der Waals surface area (Å²) in [7, 11) is 0. The van der Waals surface area contributed by atoms with Crippen molar-refractivity contribution in [3.05, 3.63) is 29.8 Å². The Bertz CT molecular complexity index is 362. The molecule has 0 radical (unpaired) electrons. The molecule has 0 aromatic heterocycles. The summed E-state index contributed by atoms with van der Waals surface area (Å²) in [6, 6.07) is 7.91. The van der Waals surface area contributed by atoms with Gasteiger partial charge in [0.2, 0.25) is 0 Å². The summed E-state index contributed by atoms with van der Waals surface area (Å²) < 4.78 is 11.5.